The van der Waals surface area contributed by atoms with E-state index in [0.717, 1.165) is 62.6 Å². The molecule has 11 heteroatoms. The number of ether oxygens (including phenoxy) is 1. The highest BCUT2D eigenvalue weighted by Crippen LogP contribution is 2.30. The van der Waals surface area contributed by atoms with E-state index in [1.165, 1.54) is 12.1 Å². The monoisotopic (exact) mass is 691 g/mol. The molecule has 2 aromatic carbocycles. The maximum absolute atomic E-state index is 12.9. The van der Waals surface area contributed by atoms with Crippen LogP contribution in [0.25, 0.3) is 0 Å². The van der Waals surface area contributed by atoms with Crippen LogP contribution in [0.2, 0.25) is 0 Å². The topological polar surface area (TPSA) is 56.8 Å². The van der Waals surface area contributed by atoms with Crippen molar-refractivity contribution in [3.8, 4) is 5.75 Å². The van der Waals surface area contributed by atoms with Gasteiger partial charge in [-0.15, -0.1) is 50.9 Å². The van der Waals surface area contributed by atoms with E-state index in [0.29, 0.717) is 6.61 Å². The van der Waals surface area contributed by atoms with Gasteiger partial charge in [-0.2, -0.15) is 13.2 Å². The normalized spacial score (nSPS) is 15.7. The van der Waals surface area contributed by atoms with Gasteiger partial charge in [0.15, 0.2) is 0 Å². The van der Waals surface area contributed by atoms with Gasteiger partial charge in [0.25, 0.3) is 0 Å². The standard InChI is InChI=1S/C24H32F3N3O2.3BrH/c1-18(29-17-23(31)20-3-2-4-21(16-20)24(25,26)27)15-19-5-7-22(8-6-19)32-14-13-30-11-9-28-10-12-30;;;/h2-8,16,18,23,28-29,31H,9-15,17H2,1H3;3*1H. The van der Waals surface area contributed by atoms with E-state index < -0.39 is 17.8 Å². The quantitative estimate of drug-likeness (QED) is 0.328. The summed E-state index contributed by atoms with van der Waals surface area (Å²) in [4.78, 5) is 2.38. The van der Waals surface area contributed by atoms with Gasteiger partial charge in [0, 0.05) is 45.3 Å². The fraction of sp³-hybridized carbons (Fsp3) is 0.500. The molecule has 2 unspecified atom stereocenters. The van der Waals surface area contributed by atoms with Crippen LogP contribution in [0, 0.1) is 0 Å². The first-order valence-electron chi connectivity index (χ1n) is 11.0. The highest BCUT2D eigenvalue weighted by atomic mass is 79.9. The van der Waals surface area contributed by atoms with Crippen molar-refractivity contribution < 1.29 is 23.0 Å². The molecule has 1 aliphatic heterocycles. The first kappa shape index (κ1) is 34.3. The largest absolute Gasteiger partial charge is 0.492 e. The zero-order chi connectivity index (χ0) is 23.0. The maximum Gasteiger partial charge on any atom is 0.416 e. The molecule has 3 rings (SSSR count). The highest BCUT2D eigenvalue weighted by molar-refractivity contribution is 8.93. The Morgan fingerprint density at radius 2 is 1.71 bits per heavy atom. The first-order chi connectivity index (χ1) is 15.3. The fourth-order valence-electron chi connectivity index (χ4n) is 3.73. The molecule has 0 bridgehead atoms. The minimum atomic E-state index is -4.42. The number of benzene rings is 2. The summed E-state index contributed by atoms with van der Waals surface area (Å²) in [5, 5.41) is 16.8. The van der Waals surface area contributed by atoms with Crippen LogP contribution in [0.1, 0.15) is 29.7 Å². The first-order valence-corrected chi connectivity index (χ1v) is 11.0. The van der Waals surface area contributed by atoms with E-state index in [1.807, 2.05) is 31.2 Å². The molecule has 0 saturated carbocycles. The van der Waals surface area contributed by atoms with Crippen molar-refractivity contribution in [2.45, 2.75) is 31.7 Å². The van der Waals surface area contributed by atoms with Crippen molar-refractivity contribution >= 4 is 50.9 Å². The van der Waals surface area contributed by atoms with Gasteiger partial charge < -0.3 is 20.5 Å². The van der Waals surface area contributed by atoms with E-state index in [-0.39, 0.29) is 69.1 Å². The van der Waals surface area contributed by atoms with Gasteiger partial charge in [0.05, 0.1) is 11.7 Å². The second kappa shape index (κ2) is 16.9. The van der Waals surface area contributed by atoms with Crippen molar-refractivity contribution in [3.05, 3.63) is 65.2 Å². The number of hydrogen-bond donors (Lipinski definition) is 3. The van der Waals surface area contributed by atoms with Gasteiger partial charge in [-0.25, -0.2) is 0 Å². The molecule has 1 fully saturated rings. The van der Waals surface area contributed by atoms with Crippen molar-refractivity contribution in [2.24, 2.45) is 0 Å². The molecular formula is C24H35Br3F3N3O2. The summed E-state index contributed by atoms with van der Waals surface area (Å²) in [6.45, 7) is 7.89. The zero-order valence-electron chi connectivity index (χ0n) is 19.6. The minimum Gasteiger partial charge on any atom is -0.492 e. The average Bonchev–Trinajstić information content (AvgIpc) is 2.79. The predicted octanol–water partition coefficient (Wildman–Crippen LogP) is 4.98. The van der Waals surface area contributed by atoms with Crippen molar-refractivity contribution in [1.82, 2.24) is 15.5 Å². The average molecular weight is 694 g/mol. The summed E-state index contributed by atoms with van der Waals surface area (Å²) in [6, 6.07) is 12.8. The highest BCUT2D eigenvalue weighted by Gasteiger charge is 2.30. The lowest BCUT2D eigenvalue weighted by atomic mass is 10.0. The molecule has 0 aliphatic carbocycles. The third-order valence-corrected chi connectivity index (χ3v) is 5.61. The Kier molecular flexibility index (Phi) is 16.6. The number of nitrogens with one attached hydrogen (secondary N) is 2. The SMILES string of the molecule is Br.Br.Br.CC(Cc1ccc(OCCN2CCNCC2)cc1)NCC(O)c1cccc(C(F)(F)F)c1. The van der Waals surface area contributed by atoms with Gasteiger partial charge in [-0.1, -0.05) is 24.3 Å². The maximum atomic E-state index is 12.9. The van der Waals surface area contributed by atoms with Crippen LogP contribution >= 0.6 is 50.9 Å². The minimum absolute atomic E-state index is 0. The molecule has 0 radical (unpaired) electrons. The second-order valence-electron chi connectivity index (χ2n) is 8.24. The number of rotatable bonds is 10. The van der Waals surface area contributed by atoms with Crippen LogP contribution in [0.4, 0.5) is 13.2 Å². The summed E-state index contributed by atoms with van der Waals surface area (Å²) < 4.78 is 44.4. The molecule has 2 atom stereocenters. The second-order valence-corrected chi connectivity index (χ2v) is 8.24. The molecule has 0 amide bonds. The molecule has 2 aromatic rings. The zero-order valence-corrected chi connectivity index (χ0v) is 24.7. The molecule has 1 aliphatic rings. The van der Waals surface area contributed by atoms with Crippen molar-refractivity contribution in [3.63, 3.8) is 0 Å². The number of hydrogen-bond acceptors (Lipinski definition) is 5. The van der Waals surface area contributed by atoms with Gasteiger partial charge in [-0.05, 0) is 48.7 Å². The number of aliphatic hydroxyl groups is 1. The summed E-state index contributed by atoms with van der Waals surface area (Å²) in [6.07, 6.45) is -4.69. The van der Waals surface area contributed by atoms with E-state index in [9.17, 15) is 18.3 Å². The van der Waals surface area contributed by atoms with E-state index >= 15 is 0 Å². The van der Waals surface area contributed by atoms with Crippen LogP contribution in [0.5, 0.6) is 5.75 Å². The summed E-state index contributed by atoms with van der Waals surface area (Å²) in [5.74, 6) is 0.837. The van der Waals surface area contributed by atoms with Gasteiger partial charge >= 0.3 is 6.18 Å². The van der Waals surface area contributed by atoms with Crippen LogP contribution in [0.3, 0.4) is 0 Å². The third-order valence-electron chi connectivity index (χ3n) is 5.61. The molecule has 35 heavy (non-hydrogen) atoms. The van der Waals surface area contributed by atoms with Crippen LogP contribution in [0.15, 0.2) is 48.5 Å². The summed E-state index contributed by atoms with van der Waals surface area (Å²) >= 11 is 0. The molecule has 0 aromatic heterocycles. The lowest BCUT2D eigenvalue weighted by Gasteiger charge is -2.26. The molecule has 3 N–H and O–H groups in total. The summed E-state index contributed by atoms with van der Waals surface area (Å²) in [5.41, 5.74) is 0.618. The molecular weight excluding hydrogens is 659 g/mol. The van der Waals surface area contributed by atoms with Gasteiger partial charge in [0.1, 0.15) is 12.4 Å². The number of halogens is 6. The number of piperazine rings is 1. The lowest BCUT2D eigenvalue weighted by molar-refractivity contribution is -0.137. The van der Waals surface area contributed by atoms with Crippen LogP contribution in [-0.2, 0) is 12.6 Å². The summed E-state index contributed by atoms with van der Waals surface area (Å²) in [7, 11) is 0. The Labute approximate surface area is 237 Å². The number of aliphatic hydroxyl groups excluding tert-OH is 1. The fourth-order valence-corrected chi connectivity index (χ4v) is 3.73. The molecule has 1 heterocycles. The molecule has 1 saturated heterocycles. The Hall–Kier alpha value is -0.690. The smallest absolute Gasteiger partial charge is 0.416 e. The Morgan fingerprint density at radius 3 is 2.34 bits per heavy atom. The lowest BCUT2D eigenvalue weighted by Crippen LogP contribution is -2.44. The Balaban J connectivity index is 0.00000385. The Morgan fingerprint density at radius 1 is 1.06 bits per heavy atom. The molecule has 0 spiro atoms. The molecule has 200 valence electrons. The van der Waals surface area contributed by atoms with E-state index in [1.54, 1.807) is 0 Å². The van der Waals surface area contributed by atoms with Crippen molar-refractivity contribution in [2.75, 3.05) is 45.9 Å². The van der Waals surface area contributed by atoms with Crippen molar-refractivity contribution in [1.29, 1.82) is 0 Å². The third kappa shape index (κ3) is 11.9. The van der Waals surface area contributed by atoms with Crippen LogP contribution in [-0.4, -0.2) is 61.9 Å². The van der Waals surface area contributed by atoms with Gasteiger partial charge in [0.2, 0.25) is 0 Å². The molecule has 5 nitrogen and oxygen atoms in total. The van der Waals surface area contributed by atoms with Crippen LogP contribution < -0.4 is 15.4 Å². The number of alkyl halides is 3. The predicted molar refractivity (Wildman–Crippen MR) is 150 cm³/mol. The van der Waals surface area contributed by atoms with E-state index in [2.05, 4.69) is 15.5 Å². The van der Waals surface area contributed by atoms with Gasteiger partial charge in [-0.3, -0.25) is 4.90 Å². The Bertz CT molecular complexity index is 839. The van der Waals surface area contributed by atoms with E-state index in [4.69, 9.17) is 4.74 Å². The number of nitrogens with zero attached hydrogens (tertiary/aromatic N) is 1.